The number of hydrogen-bond acceptors (Lipinski definition) is 5. The van der Waals surface area contributed by atoms with Gasteiger partial charge in [0.05, 0.1) is 32.8 Å². The summed E-state index contributed by atoms with van der Waals surface area (Å²) in [6.45, 7) is 3.72. The number of thiazole rings is 1. The van der Waals surface area contributed by atoms with Crippen molar-refractivity contribution in [2.45, 2.75) is 37.6 Å². The molecule has 176 valence electrons. The molecular weight excluding hydrogens is 446 g/mol. The maximum absolute atomic E-state index is 13.2. The molecule has 4 heterocycles. The first kappa shape index (κ1) is 21.6. The molecule has 2 aliphatic rings. The van der Waals surface area contributed by atoms with Crippen molar-refractivity contribution >= 4 is 38.5 Å². The lowest BCUT2D eigenvalue weighted by molar-refractivity contribution is -0.134. The van der Waals surface area contributed by atoms with Gasteiger partial charge >= 0.3 is 5.69 Å². The molecule has 4 aromatic rings. The minimum Gasteiger partial charge on any atom is -0.341 e. The lowest BCUT2D eigenvalue weighted by Gasteiger charge is -2.36. The number of carbonyl (C=O) groups excluding carboxylic acids is 1. The molecule has 0 saturated carbocycles. The van der Waals surface area contributed by atoms with E-state index < -0.39 is 0 Å². The summed E-state index contributed by atoms with van der Waals surface area (Å²) in [6.07, 6.45) is 3.87. The van der Waals surface area contributed by atoms with Crippen molar-refractivity contribution in [2.75, 3.05) is 32.7 Å². The molecule has 34 heavy (non-hydrogen) atoms. The summed E-state index contributed by atoms with van der Waals surface area (Å²) >= 11 is 1.76. The zero-order chi connectivity index (χ0) is 23.1. The van der Waals surface area contributed by atoms with Gasteiger partial charge in [0.15, 0.2) is 0 Å². The highest BCUT2D eigenvalue weighted by atomic mass is 32.1. The second-order valence-electron chi connectivity index (χ2n) is 9.52. The van der Waals surface area contributed by atoms with Gasteiger partial charge in [0.1, 0.15) is 0 Å². The largest absolute Gasteiger partial charge is 0.341 e. The van der Waals surface area contributed by atoms with Gasteiger partial charge in [-0.1, -0.05) is 24.3 Å². The molecule has 1 amide bonds. The summed E-state index contributed by atoms with van der Waals surface area (Å²) < 4.78 is 3.12. The van der Waals surface area contributed by atoms with E-state index in [-0.39, 0.29) is 17.6 Å². The predicted octanol–water partition coefficient (Wildman–Crippen LogP) is 3.98. The minimum atomic E-state index is -0.0371. The van der Waals surface area contributed by atoms with Gasteiger partial charge in [-0.25, -0.2) is 9.78 Å². The third-order valence-corrected chi connectivity index (χ3v) is 8.54. The number of benzene rings is 2. The zero-order valence-electron chi connectivity index (χ0n) is 19.2. The first-order chi connectivity index (χ1) is 16.7. The van der Waals surface area contributed by atoms with Crippen LogP contribution in [0.5, 0.6) is 0 Å². The van der Waals surface area contributed by atoms with Crippen LogP contribution in [-0.4, -0.2) is 63.0 Å². The van der Waals surface area contributed by atoms with Gasteiger partial charge < -0.3 is 9.88 Å². The third kappa shape index (κ3) is 4.05. The molecule has 0 aliphatic carbocycles. The van der Waals surface area contributed by atoms with Gasteiger partial charge in [0, 0.05) is 38.1 Å². The fourth-order valence-electron chi connectivity index (χ4n) is 5.53. The Morgan fingerprint density at radius 1 is 1.03 bits per heavy atom. The van der Waals surface area contributed by atoms with Crippen LogP contribution in [-0.2, 0) is 4.79 Å². The molecule has 2 aliphatic heterocycles. The molecule has 0 unspecified atom stereocenters. The Morgan fingerprint density at radius 2 is 1.82 bits per heavy atom. The number of piperidine rings is 2. The summed E-state index contributed by atoms with van der Waals surface area (Å²) in [6, 6.07) is 16.3. The third-order valence-electron chi connectivity index (χ3n) is 7.34. The molecule has 2 saturated heterocycles. The molecule has 0 radical (unpaired) electrons. The molecule has 2 fully saturated rings. The average Bonchev–Trinajstić information content (AvgIpc) is 3.45. The van der Waals surface area contributed by atoms with E-state index in [9.17, 15) is 9.59 Å². The first-order valence-corrected chi connectivity index (χ1v) is 13.0. The van der Waals surface area contributed by atoms with E-state index in [1.807, 2.05) is 39.8 Å². The number of aromatic nitrogens is 3. The van der Waals surface area contributed by atoms with Crippen LogP contribution in [0.15, 0.2) is 53.3 Å². The molecule has 0 spiro atoms. The monoisotopic (exact) mass is 475 g/mol. The van der Waals surface area contributed by atoms with E-state index in [2.05, 4.69) is 28.1 Å². The highest BCUT2D eigenvalue weighted by Gasteiger charge is 2.29. The van der Waals surface area contributed by atoms with Crippen LogP contribution >= 0.6 is 11.3 Å². The van der Waals surface area contributed by atoms with Crippen LogP contribution in [0.3, 0.4) is 0 Å². The van der Waals surface area contributed by atoms with Crippen LogP contribution in [0.25, 0.3) is 21.3 Å². The number of nitrogens with zero attached hydrogens (tertiary/aromatic N) is 4. The number of likely N-dealkylation sites (tertiary alicyclic amines) is 2. The van der Waals surface area contributed by atoms with Crippen molar-refractivity contribution in [3.63, 3.8) is 0 Å². The van der Waals surface area contributed by atoms with Crippen LogP contribution in [0.2, 0.25) is 0 Å². The Bertz CT molecular complexity index is 1350. The average molecular weight is 476 g/mol. The molecular formula is C26H29N5O2S. The molecule has 0 bridgehead atoms. The normalized spacial score (nSPS) is 20.4. The number of fused-ring (bicyclic) bond motifs is 2. The van der Waals surface area contributed by atoms with Gasteiger partial charge in [-0.3, -0.25) is 14.3 Å². The number of nitrogens with one attached hydrogen (secondary N) is 1. The van der Waals surface area contributed by atoms with E-state index >= 15 is 0 Å². The number of imidazole rings is 1. The summed E-state index contributed by atoms with van der Waals surface area (Å²) in [5, 5.41) is 1.16. The van der Waals surface area contributed by atoms with E-state index in [0.29, 0.717) is 12.5 Å². The first-order valence-electron chi connectivity index (χ1n) is 12.2. The number of amides is 1. The van der Waals surface area contributed by atoms with Crippen molar-refractivity contribution in [1.82, 2.24) is 24.3 Å². The molecule has 2 aromatic carbocycles. The fourth-order valence-corrected chi connectivity index (χ4v) is 6.63. The smallest absolute Gasteiger partial charge is 0.326 e. The van der Waals surface area contributed by atoms with Gasteiger partial charge in [0.2, 0.25) is 5.91 Å². The van der Waals surface area contributed by atoms with Crippen molar-refractivity contribution in [3.05, 3.63) is 64.0 Å². The van der Waals surface area contributed by atoms with Crippen LogP contribution in [0.4, 0.5) is 0 Å². The van der Waals surface area contributed by atoms with Crippen molar-refractivity contribution in [3.8, 4) is 0 Å². The summed E-state index contributed by atoms with van der Waals surface area (Å²) in [4.78, 5) is 37.8. The Balaban J connectivity index is 1.07. The molecule has 6 rings (SSSR count). The lowest BCUT2D eigenvalue weighted by atomic mass is 9.98. The quantitative estimate of drug-likeness (QED) is 0.485. The number of carbonyl (C=O) groups is 1. The highest BCUT2D eigenvalue weighted by molar-refractivity contribution is 7.18. The summed E-state index contributed by atoms with van der Waals surface area (Å²) in [5.41, 5.74) is 2.88. The van der Waals surface area contributed by atoms with Gasteiger partial charge in [-0.05, 0) is 49.9 Å². The van der Waals surface area contributed by atoms with Crippen LogP contribution < -0.4 is 5.69 Å². The molecule has 2 aromatic heterocycles. The minimum absolute atomic E-state index is 0.0371. The molecule has 1 atom stereocenters. The SMILES string of the molecule is O=C(CN1CCC(n2c(=O)[nH]c3ccccc32)CC1)N1CCC[C@H](c2nc3ccccc3s2)C1. The number of aromatic amines is 1. The Hall–Kier alpha value is -2.97. The van der Waals surface area contributed by atoms with E-state index in [0.717, 1.165) is 73.4 Å². The zero-order valence-corrected chi connectivity index (χ0v) is 20.0. The van der Waals surface area contributed by atoms with Gasteiger partial charge in [0.25, 0.3) is 0 Å². The summed E-state index contributed by atoms with van der Waals surface area (Å²) in [5.74, 6) is 0.545. The van der Waals surface area contributed by atoms with Gasteiger partial charge in [-0.15, -0.1) is 11.3 Å². The number of para-hydroxylation sites is 3. The topological polar surface area (TPSA) is 74.2 Å². The standard InChI is InChI=1S/C26H29N5O2S/c32-24(30-13-5-6-18(16-30)25-27-21-8-2-4-10-23(21)34-25)17-29-14-11-19(12-15-29)31-22-9-3-1-7-20(22)28-26(31)33/h1-4,7-10,18-19H,5-6,11-17H2,(H,28,33)/t18-/m0/s1. The fraction of sp³-hybridized carbons (Fsp3) is 0.423. The maximum atomic E-state index is 13.2. The lowest BCUT2D eigenvalue weighted by Crippen LogP contribution is -2.46. The Morgan fingerprint density at radius 3 is 2.68 bits per heavy atom. The number of rotatable bonds is 4. The van der Waals surface area contributed by atoms with Crippen LogP contribution in [0.1, 0.15) is 42.7 Å². The Kier molecular flexibility index (Phi) is 5.71. The highest BCUT2D eigenvalue weighted by Crippen LogP contribution is 2.33. The molecule has 7 nitrogen and oxygen atoms in total. The molecule has 8 heteroatoms. The second kappa shape index (κ2) is 9.00. The second-order valence-corrected chi connectivity index (χ2v) is 10.6. The van der Waals surface area contributed by atoms with E-state index in [4.69, 9.17) is 4.98 Å². The van der Waals surface area contributed by atoms with Crippen molar-refractivity contribution < 1.29 is 4.79 Å². The van der Waals surface area contributed by atoms with E-state index in [1.54, 1.807) is 11.3 Å². The maximum Gasteiger partial charge on any atom is 0.326 e. The summed E-state index contributed by atoms with van der Waals surface area (Å²) in [7, 11) is 0. The van der Waals surface area contributed by atoms with E-state index in [1.165, 1.54) is 4.70 Å². The molecule has 1 N–H and O–H groups in total. The predicted molar refractivity (Wildman–Crippen MR) is 135 cm³/mol. The number of hydrogen-bond donors (Lipinski definition) is 1. The van der Waals surface area contributed by atoms with Gasteiger partial charge in [-0.2, -0.15) is 0 Å². The van der Waals surface area contributed by atoms with Crippen molar-refractivity contribution in [1.29, 1.82) is 0 Å². The van der Waals surface area contributed by atoms with Crippen LogP contribution in [0, 0.1) is 0 Å². The Labute approximate surface area is 202 Å². The van der Waals surface area contributed by atoms with Crippen molar-refractivity contribution in [2.24, 2.45) is 0 Å². The number of H-pyrrole nitrogens is 1.